The van der Waals surface area contributed by atoms with Crippen molar-refractivity contribution in [3.8, 4) is 34.6 Å². The van der Waals surface area contributed by atoms with Crippen molar-refractivity contribution in [1.82, 2.24) is 19.3 Å². The van der Waals surface area contributed by atoms with Gasteiger partial charge in [0, 0.05) is 19.0 Å². The van der Waals surface area contributed by atoms with E-state index < -0.39 is 11.4 Å². The standard InChI is InChI=1S/C32H29FN4O6/c1-40-27-15-19(7-12-26(27)43-31-22-16-28(41-2)29(42-3)17-23(22)34-18-35-31)14-25(38)30-24-6-4-5-13-36(24)37(32(30)39)21-10-8-20(33)9-11-21/h7-12,15-18H,4-6,13-14H2,1-3H3. The van der Waals surface area contributed by atoms with Gasteiger partial charge in [-0.1, -0.05) is 6.07 Å². The maximum Gasteiger partial charge on any atom is 0.282 e. The fraction of sp³-hybridized carbons (Fsp3) is 0.250. The Morgan fingerprint density at radius 1 is 0.884 bits per heavy atom. The monoisotopic (exact) mass is 584 g/mol. The number of carbonyl (C=O) groups excluding carboxylic acids is 1. The van der Waals surface area contributed by atoms with Crippen LogP contribution in [0.15, 0.2) is 65.7 Å². The molecule has 0 unspecified atom stereocenters. The summed E-state index contributed by atoms with van der Waals surface area (Å²) in [6.45, 7) is 0.603. The number of rotatable bonds is 9. The van der Waals surface area contributed by atoms with Crippen LogP contribution in [0.2, 0.25) is 0 Å². The van der Waals surface area contributed by atoms with Gasteiger partial charge in [0.15, 0.2) is 28.8 Å². The molecule has 0 spiro atoms. The number of hydrogen-bond acceptors (Lipinski definition) is 8. The van der Waals surface area contributed by atoms with Gasteiger partial charge in [-0.25, -0.2) is 19.0 Å². The second kappa shape index (κ2) is 11.6. The molecule has 0 bridgehead atoms. The summed E-state index contributed by atoms with van der Waals surface area (Å²) in [6, 6.07) is 14.3. The van der Waals surface area contributed by atoms with Gasteiger partial charge < -0.3 is 18.9 Å². The fourth-order valence-corrected chi connectivity index (χ4v) is 5.48. The van der Waals surface area contributed by atoms with Crippen molar-refractivity contribution >= 4 is 16.7 Å². The Bertz CT molecular complexity index is 1900. The number of aromatic nitrogens is 4. The normalized spacial score (nSPS) is 12.6. The molecule has 0 saturated carbocycles. The highest BCUT2D eigenvalue weighted by Crippen LogP contribution is 2.38. The second-order valence-electron chi connectivity index (χ2n) is 10.1. The molecule has 11 heteroatoms. The molecule has 2 aromatic heterocycles. The molecule has 0 fully saturated rings. The molecule has 0 N–H and O–H groups in total. The van der Waals surface area contributed by atoms with Crippen molar-refractivity contribution in [2.24, 2.45) is 0 Å². The number of hydrogen-bond donors (Lipinski definition) is 0. The van der Waals surface area contributed by atoms with E-state index in [1.54, 1.807) is 56.7 Å². The van der Waals surface area contributed by atoms with E-state index in [4.69, 9.17) is 18.9 Å². The first-order chi connectivity index (χ1) is 20.9. The minimum atomic E-state index is -0.400. The van der Waals surface area contributed by atoms with Gasteiger partial charge in [-0.15, -0.1) is 0 Å². The first-order valence-electron chi connectivity index (χ1n) is 13.8. The molecule has 0 atom stereocenters. The van der Waals surface area contributed by atoms with E-state index in [0.717, 1.165) is 12.8 Å². The van der Waals surface area contributed by atoms with Gasteiger partial charge in [-0.2, -0.15) is 0 Å². The molecule has 43 heavy (non-hydrogen) atoms. The Labute approximate surface area is 246 Å². The van der Waals surface area contributed by atoms with Crippen LogP contribution in [0.25, 0.3) is 16.6 Å². The number of carbonyl (C=O) groups is 1. The molecule has 10 nitrogen and oxygen atoms in total. The van der Waals surface area contributed by atoms with Crippen LogP contribution in [0.3, 0.4) is 0 Å². The minimum absolute atomic E-state index is 0.0141. The molecule has 0 radical (unpaired) electrons. The summed E-state index contributed by atoms with van der Waals surface area (Å²) in [7, 11) is 4.59. The SMILES string of the molecule is COc1cc2ncnc(Oc3ccc(CC(=O)c4c5n(n(-c6ccc(F)cc6)c4=O)CCCC5)cc3OC)c2cc1OC. The summed E-state index contributed by atoms with van der Waals surface area (Å²) in [4.78, 5) is 35.9. The number of ether oxygens (including phenoxy) is 4. The molecule has 3 heterocycles. The van der Waals surface area contributed by atoms with Gasteiger partial charge in [0.1, 0.15) is 17.7 Å². The number of ketones is 1. The lowest BCUT2D eigenvalue weighted by Crippen LogP contribution is -2.24. The summed E-state index contributed by atoms with van der Waals surface area (Å²) in [5.41, 5.74) is 2.25. The highest BCUT2D eigenvalue weighted by Gasteiger charge is 2.28. The zero-order chi connectivity index (χ0) is 30.1. The van der Waals surface area contributed by atoms with E-state index in [0.29, 0.717) is 63.8 Å². The summed E-state index contributed by atoms with van der Waals surface area (Å²) in [6.07, 6.45) is 3.75. The van der Waals surface area contributed by atoms with Crippen LogP contribution >= 0.6 is 0 Å². The number of Topliss-reactive ketones (excluding diaryl/α,β-unsaturated/α-hetero) is 1. The maximum atomic E-state index is 13.6. The lowest BCUT2D eigenvalue weighted by atomic mass is 9.99. The Morgan fingerprint density at radius 2 is 1.60 bits per heavy atom. The van der Waals surface area contributed by atoms with E-state index in [1.165, 1.54) is 30.3 Å². The number of halogens is 1. The van der Waals surface area contributed by atoms with Crippen LogP contribution in [0.5, 0.6) is 28.9 Å². The Hall–Kier alpha value is -5.19. The Kier molecular flexibility index (Phi) is 7.54. The largest absolute Gasteiger partial charge is 0.493 e. The zero-order valence-corrected chi connectivity index (χ0v) is 23.9. The van der Waals surface area contributed by atoms with E-state index in [9.17, 15) is 14.0 Å². The van der Waals surface area contributed by atoms with E-state index in [1.807, 2.05) is 4.68 Å². The van der Waals surface area contributed by atoms with E-state index in [2.05, 4.69) is 9.97 Å². The maximum absolute atomic E-state index is 13.6. The van der Waals surface area contributed by atoms with Gasteiger partial charge in [-0.05, 0) is 67.3 Å². The molecule has 3 aromatic carbocycles. The highest BCUT2D eigenvalue weighted by molar-refractivity contribution is 5.98. The summed E-state index contributed by atoms with van der Waals surface area (Å²) in [5, 5.41) is 0.609. The third-order valence-electron chi connectivity index (χ3n) is 7.53. The zero-order valence-electron chi connectivity index (χ0n) is 23.9. The van der Waals surface area contributed by atoms with Gasteiger partial charge >= 0.3 is 0 Å². The molecule has 1 aliphatic heterocycles. The van der Waals surface area contributed by atoms with Crippen molar-refractivity contribution in [2.45, 2.75) is 32.2 Å². The predicted molar refractivity (Wildman–Crippen MR) is 157 cm³/mol. The third-order valence-corrected chi connectivity index (χ3v) is 7.53. The quantitative estimate of drug-likeness (QED) is 0.215. The molecule has 0 amide bonds. The van der Waals surface area contributed by atoms with Crippen molar-refractivity contribution in [2.75, 3.05) is 21.3 Å². The van der Waals surface area contributed by atoms with Crippen molar-refractivity contribution in [3.63, 3.8) is 0 Å². The second-order valence-corrected chi connectivity index (χ2v) is 10.1. The van der Waals surface area contributed by atoms with Crippen molar-refractivity contribution < 1.29 is 28.1 Å². The Morgan fingerprint density at radius 3 is 2.35 bits per heavy atom. The first-order valence-corrected chi connectivity index (χ1v) is 13.8. The molecule has 5 aromatic rings. The fourth-order valence-electron chi connectivity index (χ4n) is 5.48. The summed E-state index contributed by atoms with van der Waals surface area (Å²) in [5.74, 6) is 1.40. The molecule has 6 rings (SSSR count). The van der Waals surface area contributed by atoms with E-state index >= 15 is 0 Å². The minimum Gasteiger partial charge on any atom is -0.493 e. The smallest absolute Gasteiger partial charge is 0.282 e. The van der Waals surface area contributed by atoms with Crippen LogP contribution in [0, 0.1) is 5.82 Å². The predicted octanol–water partition coefficient (Wildman–Crippen LogP) is 5.30. The first kappa shape index (κ1) is 28.0. The van der Waals surface area contributed by atoms with Gasteiger partial charge in [0.05, 0.1) is 43.6 Å². The van der Waals surface area contributed by atoms with Crippen LogP contribution < -0.4 is 24.5 Å². The number of methoxy groups -OCH3 is 3. The third kappa shape index (κ3) is 5.18. The van der Waals surface area contributed by atoms with Gasteiger partial charge in [0.25, 0.3) is 5.56 Å². The van der Waals surface area contributed by atoms with Crippen LogP contribution in [-0.2, 0) is 19.4 Å². The molecular weight excluding hydrogens is 555 g/mol. The molecule has 0 saturated heterocycles. The highest BCUT2D eigenvalue weighted by atomic mass is 19.1. The average molecular weight is 585 g/mol. The molecular formula is C32H29FN4O6. The topological polar surface area (TPSA) is 107 Å². The van der Waals surface area contributed by atoms with Gasteiger partial charge in [-0.3, -0.25) is 14.3 Å². The summed E-state index contributed by atoms with van der Waals surface area (Å²) >= 11 is 0. The van der Waals surface area contributed by atoms with Crippen LogP contribution in [0.4, 0.5) is 4.39 Å². The number of benzene rings is 3. The molecule has 0 aliphatic carbocycles. The number of fused-ring (bicyclic) bond motifs is 2. The number of nitrogens with zero attached hydrogens (tertiary/aromatic N) is 4. The summed E-state index contributed by atoms with van der Waals surface area (Å²) < 4.78 is 39.4. The molecule has 1 aliphatic rings. The lowest BCUT2D eigenvalue weighted by Gasteiger charge is -2.19. The van der Waals surface area contributed by atoms with Crippen LogP contribution in [-0.4, -0.2) is 46.4 Å². The van der Waals surface area contributed by atoms with Gasteiger partial charge in [0.2, 0.25) is 5.88 Å². The van der Waals surface area contributed by atoms with Crippen molar-refractivity contribution in [1.29, 1.82) is 0 Å². The molecule has 220 valence electrons. The van der Waals surface area contributed by atoms with E-state index in [-0.39, 0.29) is 23.6 Å². The van der Waals surface area contributed by atoms with Crippen molar-refractivity contribution in [3.05, 3.63) is 93.9 Å². The lowest BCUT2D eigenvalue weighted by molar-refractivity contribution is 0.0990. The Balaban J connectivity index is 1.30. The van der Waals surface area contributed by atoms with Crippen LogP contribution in [0.1, 0.15) is 34.5 Å². The average Bonchev–Trinajstić information content (AvgIpc) is 3.33.